The third-order valence-electron chi connectivity index (χ3n) is 7.21. The number of nitrogens with two attached hydrogens (primary N) is 1. The average Bonchev–Trinajstić information content (AvgIpc) is 2.75. The Kier molecular flexibility index (Phi) is 8.75. The minimum Gasteiger partial charge on any atom is -0.507 e. The van der Waals surface area contributed by atoms with Crippen LogP contribution in [0.1, 0.15) is 57.2 Å². The maximum atomic E-state index is 10.8. The Morgan fingerprint density at radius 1 is 1.35 bits per heavy atom. The molecule has 1 aromatic carbocycles. The molecule has 0 amide bonds. The van der Waals surface area contributed by atoms with E-state index in [1.54, 1.807) is 6.92 Å². The van der Waals surface area contributed by atoms with Gasteiger partial charge in [0.2, 0.25) is 0 Å². The van der Waals surface area contributed by atoms with E-state index in [4.69, 9.17) is 27.2 Å². The number of aliphatic hydroxyl groups is 1. The van der Waals surface area contributed by atoms with Crippen LogP contribution in [0.4, 0.5) is 0 Å². The predicted molar refractivity (Wildman–Crippen MR) is 129 cm³/mol. The molecule has 6 heteroatoms. The fourth-order valence-electron chi connectivity index (χ4n) is 4.43. The van der Waals surface area contributed by atoms with Gasteiger partial charge in [-0.05, 0) is 55.9 Å². The van der Waals surface area contributed by atoms with E-state index < -0.39 is 0 Å². The second kappa shape index (κ2) is 10.7. The topological polar surface area (TPSA) is 88.1 Å². The van der Waals surface area contributed by atoms with Gasteiger partial charge in [-0.3, -0.25) is 4.99 Å². The van der Waals surface area contributed by atoms with Gasteiger partial charge in [-0.1, -0.05) is 56.2 Å². The van der Waals surface area contributed by atoms with Gasteiger partial charge in [0, 0.05) is 23.4 Å². The molecule has 0 saturated heterocycles. The zero-order valence-corrected chi connectivity index (χ0v) is 20.3. The quantitative estimate of drug-likeness (QED) is 0.396. The van der Waals surface area contributed by atoms with E-state index in [-0.39, 0.29) is 23.9 Å². The second-order valence-corrected chi connectivity index (χ2v) is 9.33. The second-order valence-electron chi connectivity index (χ2n) is 8.95. The first-order chi connectivity index (χ1) is 14.6. The molecule has 172 valence electrons. The van der Waals surface area contributed by atoms with Crippen molar-refractivity contribution in [1.82, 2.24) is 0 Å². The summed E-state index contributed by atoms with van der Waals surface area (Å²) >= 11 is 6.49. The van der Waals surface area contributed by atoms with Crippen LogP contribution in [-0.4, -0.2) is 36.3 Å². The molecule has 0 radical (unpaired) electrons. The number of phenols is 1. The summed E-state index contributed by atoms with van der Waals surface area (Å²) in [4.78, 5) is 3.84. The van der Waals surface area contributed by atoms with Crippen molar-refractivity contribution in [3.8, 4) is 11.5 Å². The SMILES string of the molecule is COc1c(Cl)c(C)c(/C=N/CO)c(O)c1C/C=C(C)/C=C/[C@@]1(C)[C@H](C)CCC(N)[C@@H]1C. The van der Waals surface area contributed by atoms with E-state index in [0.717, 1.165) is 18.4 Å². The largest absolute Gasteiger partial charge is 0.507 e. The maximum Gasteiger partial charge on any atom is 0.144 e. The van der Waals surface area contributed by atoms with Gasteiger partial charge in [-0.15, -0.1) is 0 Å². The van der Waals surface area contributed by atoms with Crippen molar-refractivity contribution >= 4 is 17.8 Å². The number of hydrogen-bond donors (Lipinski definition) is 3. The number of methoxy groups -OCH3 is 1. The van der Waals surface area contributed by atoms with Crippen LogP contribution >= 0.6 is 11.6 Å². The highest BCUT2D eigenvalue weighted by molar-refractivity contribution is 6.33. The number of rotatable bonds is 7. The first-order valence-electron chi connectivity index (χ1n) is 10.9. The molecule has 1 saturated carbocycles. The van der Waals surface area contributed by atoms with E-state index >= 15 is 0 Å². The van der Waals surface area contributed by atoms with E-state index in [2.05, 4.69) is 37.9 Å². The van der Waals surface area contributed by atoms with Crippen LogP contribution in [0.2, 0.25) is 5.02 Å². The molecule has 0 heterocycles. The van der Waals surface area contributed by atoms with Gasteiger partial charge in [-0.25, -0.2) is 0 Å². The molecule has 1 fully saturated rings. The van der Waals surface area contributed by atoms with Gasteiger partial charge in [0.1, 0.15) is 18.2 Å². The molecule has 1 aliphatic rings. The summed E-state index contributed by atoms with van der Waals surface area (Å²) in [7, 11) is 1.54. The van der Waals surface area contributed by atoms with Gasteiger partial charge < -0.3 is 20.7 Å². The minimum atomic E-state index is -0.360. The van der Waals surface area contributed by atoms with Crippen LogP contribution in [0.15, 0.2) is 28.8 Å². The van der Waals surface area contributed by atoms with E-state index in [0.29, 0.717) is 45.7 Å². The third kappa shape index (κ3) is 5.33. The lowest BCUT2D eigenvalue weighted by atomic mass is 9.60. The Hall–Kier alpha value is -1.82. The predicted octanol–water partition coefficient (Wildman–Crippen LogP) is 5.18. The normalized spacial score (nSPS) is 27.4. The van der Waals surface area contributed by atoms with Crippen molar-refractivity contribution < 1.29 is 14.9 Å². The first-order valence-corrected chi connectivity index (χ1v) is 11.3. The summed E-state index contributed by atoms with van der Waals surface area (Å²) in [6, 6.07) is 0.227. The van der Waals surface area contributed by atoms with E-state index in [1.165, 1.54) is 13.3 Å². The van der Waals surface area contributed by atoms with Crippen LogP contribution in [0.25, 0.3) is 0 Å². The Morgan fingerprint density at radius 2 is 2.03 bits per heavy atom. The number of aliphatic hydroxyl groups excluding tert-OH is 1. The number of aliphatic imine (C=N–C) groups is 1. The van der Waals surface area contributed by atoms with Crippen LogP contribution < -0.4 is 10.5 Å². The number of phenolic OH excluding ortho intramolecular Hbond substituents is 1. The van der Waals surface area contributed by atoms with Crippen molar-refractivity contribution in [2.45, 2.75) is 59.9 Å². The molecule has 0 bridgehead atoms. The summed E-state index contributed by atoms with van der Waals surface area (Å²) in [5, 5.41) is 20.3. The molecule has 0 aliphatic heterocycles. The monoisotopic (exact) mass is 448 g/mol. The number of halogens is 1. The molecule has 5 nitrogen and oxygen atoms in total. The van der Waals surface area contributed by atoms with Crippen LogP contribution in [0.3, 0.4) is 0 Å². The van der Waals surface area contributed by atoms with Crippen LogP contribution in [0, 0.1) is 24.2 Å². The Balaban J connectivity index is 2.35. The molecular formula is C25H37ClN2O3. The van der Waals surface area contributed by atoms with Gasteiger partial charge in [0.15, 0.2) is 0 Å². The highest BCUT2D eigenvalue weighted by atomic mass is 35.5. The van der Waals surface area contributed by atoms with Gasteiger partial charge in [0.05, 0.1) is 12.1 Å². The van der Waals surface area contributed by atoms with Crippen molar-refractivity contribution in [2.24, 2.45) is 28.0 Å². The molecule has 1 aliphatic carbocycles. The van der Waals surface area contributed by atoms with E-state index in [1.807, 2.05) is 13.0 Å². The van der Waals surface area contributed by atoms with Crippen LogP contribution in [0.5, 0.6) is 11.5 Å². The molecular weight excluding hydrogens is 412 g/mol. The highest BCUT2D eigenvalue weighted by Gasteiger charge is 2.40. The molecule has 1 unspecified atom stereocenters. The van der Waals surface area contributed by atoms with Crippen molar-refractivity contribution in [3.05, 3.63) is 45.5 Å². The zero-order chi connectivity index (χ0) is 23.3. The molecule has 31 heavy (non-hydrogen) atoms. The standard InChI is InChI=1S/C25H37ClN2O3/c1-15(11-12-25(5)16(2)8-10-21(27)18(25)4)7-9-19-23(30)20(13-28-14-29)17(3)22(26)24(19)31-6/h7,11-13,16,18,21,29-30H,8-10,14,27H2,1-6H3/b12-11+,15-7+,28-13+/t16-,18+,21?,25+/m1/s1. The zero-order valence-electron chi connectivity index (χ0n) is 19.6. The highest BCUT2D eigenvalue weighted by Crippen LogP contribution is 2.46. The Bertz CT molecular complexity index is 878. The third-order valence-corrected chi connectivity index (χ3v) is 7.66. The van der Waals surface area contributed by atoms with Gasteiger partial charge in [-0.2, -0.15) is 0 Å². The molecule has 4 atom stereocenters. The van der Waals surface area contributed by atoms with Crippen molar-refractivity contribution in [3.63, 3.8) is 0 Å². The van der Waals surface area contributed by atoms with Crippen LogP contribution in [-0.2, 0) is 6.42 Å². The maximum absolute atomic E-state index is 10.8. The summed E-state index contributed by atoms with van der Waals surface area (Å²) in [6.07, 6.45) is 10.6. The lowest BCUT2D eigenvalue weighted by Gasteiger charge is -2.46. The Morgan fingerprint density at radius 3 is 2.65 bits per heavy atom. The number of aromatic hydroxyl groups is 1. The average molecular weight is 449 g/mol. The molecule has 0 spiro atoms. The fraction of sp³-hybridized carbons (Fsp3) is 0.560. The number of allylic oxidation sites excluding steroid dienone is 4. The van der Waals surface area contributed by atoms with E-state index in [9.17, 15) is 5.11 Å². The summed E-state index contributed by atoms with van der Waals surface area (Å²) in [5.74, 6) is 1.50. The molecule has 4 N–H and O–H groups in total. The molecule has 1 aromatic rings. The van der Waals surface area contributed by atoms with Gasteiger partial charge >= 0.3 is 0 Å². The smallest absolute Gasteiger partial charge is 0.144 e. The number of benzene rings is 1. The lowest BCUT2D eigenvalue weighted by Crippen LogP contribution is -2.46. The number of hydrogen-bond acceptors (Lipinski definition) is 5. The Labute approximate surface area is 191 Å². The molecule has 2 rings (SSSR count). The lowest BCUT2D eigenvalue weighted by molar-refractivity contribution is 0.0952. The summed E-state index contributed by atoms with van der Waals surface area (Å²) in [5.41, 5.74) is 9.23. The molecule has 0 aromatic heterocycles. The number of nitrogens with zero attached hydrogens (tertiary/aromatic N) is 1. The summed E-state index contributed by atoms with van der Waals surface area (Å²) in [6.45, 7) is 10.3. The number of ether oxygens (including phenoxy) is 1. The summed E-state index contributed by atoms with van der Waals surface area (Å²) < 4.78 is 5.49. The first kappa shape index (κ1) is 25.4. The van der Waals surface area contributed by atoms with Crippen molar-refractivity contribution in [2.75, 3.05) is 13.8 Å². The van der Waals surface area contributed by atoms with Gasteiger partial charge in [0.25, 0.3) is 0 Å². The minimum absolute atomic E-state index is 0.0493. The van der Waals surface area contributed by atoms with Crippen molar-refractivity contribution in [1.29, 1.82) is 0 Å². The fourth-order valence-corrected chi connectivity index (χ4v) is 4.73.